The summed E-state index contributed by atoms with van der Waals surface area (Å²) in [5.41, 5.74) is 1.00. The monoisotopic (exact) mass is 400 g/mol. The Morgan fingerprint density at radius 2 is 2.03 bits per heavy atom. The maximum atomic E-state index is 12.3. The van der Waals surface area contributed by atoms with E-state index in [1.54, 1.807) is 28.2 Å². The van der Waals surface area contributed by atoms with Crippen LogP contribution in [0.5, 0.6) is 0 Å². The molecule has 1 N–H and O–H groups in total. The summed E-state index contributed by atoms with van der Waals surface area (Å²) in [7, 11) is 0. The first-order valence-corrected chi connectivity index (χ1v) is 9.86. The highest BCUT2D eigenvalue weighted by Crippen LogP contribution is 2.22. The number of aromatic nitrogens is 4. The van der Waals surface area contributed by atoms with Crippen molar-refractivity contribution in [2.75, 3.05) is 13.1 Å². The molecule has 9 heteroatoms. The van der Waals surface area contributed by atoms with Crippen LogP contribution < -0.4 is 5.32 Å². The molecule has 0 spiro atoms. The van der Waals surface area contributed by atoms with Gasteiger partial charge in [0, 0.05) is 25.7 Å². The molecule has 9 nitrogen and oxygen atoms in total. The number of likely N-dealkylation sites (tertiary alicyclic amines) is 1. The van der Waals surface area contributed by atoms with Crippen LogP contribution in [0.3, 0.4) is 0 Å². The molecule has 0 radical (unpaired) electrons. The molecular weight excluding hydrogens is 372 g/mol. The molecule has 0 unspecified atom stereocenters. The average Bonchev–Trinajstić information content (AvgIpc) is 3.15. The van der Waals surface area contributed by atoms with Gasteiger partial charge in [-0.05, 0) is 51.7 Å². The van der Waals surface area contributed by atoms with Crippen LogP contribution in [0.2, 0.25) is 0 Å². The van der Waals surface area contributed by atoms with Crippen LogP contribution in [0, 0.1) is 5.92 Å². The van der Waals surface area contributed by atoms with Gasteiger partial charge < -0.3 is 15.0 Å². The number of nitrogens with one attached hydrogen (secondary N) is 1. The molecule has 0 atom stereocenters. The van der Waals surface area contributed by atoms with Crippen molar-refractivity contribution >= 4 is 12.0 Å². The zero-order valence-electron chi connectivity index (χ0n) is 17.2. The average molecular weight is 400 g/mol. The minimum atomic E-state index is -0.493. The van der Waals surface area contributed by atoms with Gasteiger partial charge in [-0.3, -0.25) is 9.78 Å². The highest BCUT2D eigenvalue weighted by molar-refractivity contribution is 5.76. The van der Waals surface area contributed by atoms with Crippen molar-refractivity contribution in [2.24, 2.45) is 5.92 Å². The Kier molecular flexibility index (Phi) is 6.46. The molecule has 2 aromatic rings. The Morgan fingerprint density at radius 3 is 2.69 bits per heavy atom. The van der Waals surface area contributed by atoms with E-state index in [2.05, 4.69) is 20.6 Å². The lowest BCUT2D eigenvalue weighted by atomic mass is 9.93. The summed E-state index contributed by atoms with van der Waals surface area (Å²) in [4.78, 5) is 30.2. The van der Waals surface area contributed by atoms with Gasteiger partial charge >= 0.3 is 6.09 Å². The summed E-state index contributed by atoms with van der Waals surface area (Å²) in [6, 6.07) is 3.71. The molecule has 0 bridgehead atoms. The number of carbonyl (C=O) groups excluding carboxylic acids is 2. The van der Waals surface area contributed by atoms with Gasteiger partial charge in [-0.2, -0.15) is 0 Å². The van der Waals surface area contributed by atoms with E-state index >= 15 is 0 Å². The van der Waals surface area contributed by atoms with Crippen molar-refractivity contribution < 1.29 is 14.3 Å². The maximum Gasteiger partial charge on any atom is 0.410 e. The third kappa shape index (κ3) is 6.27. The molecule has 0 saturated carbocycles. The van der Waals surface area contributed by atoms with Gasteiger partial charge in [-0.1, -0.05) is 5.21 Å². The number of hydrogen-bond donors (Lipinski definition) is 1. The second kappa shape index (κ2) is 9.02. The zero-order chi connectivity index (χ0) is 20.9. The van der Waals surface area contributed by atoms with Crippen molar-refractivity contribution in [3.63, 3.8) is 0 Å². The van der Waals surface area contributed by atoms with Crippen LogP contribution in [0.4, 0.5) is 4.79 Å². The smallest absolute Gasteiger partial charge is 0.410 e. The molecular formula is C20H28N6O3. The van der Waals surface area contributed by atoms with Crippen LogP contribution in [-0.2, 0) is 16.1 Å². The lowest BCUT2D eigenvalue weighted by Gasteiger charge is -2.33. The Morgan fingerprint density at radius 1 is 1.28 bits per heavy atom. The minimum Gasteiger partial charge on any atom is -0.444 e. The van der Waals surface area contributed by atoms with Gasteiger partial charge in [0.05, 0.1) is 24.6 Å². The fourth-order valence-electron chi connectivity index (χ4n) is 3.16. The number of amides is 2. The molecule has 2 amide bonds. The van der Waals surface area contributed by atoms with Crippen LogP contribution in [0.15, 0.2) is 30.7 Å². The summed E-state index contributed by atoms with van der Waals surface area (Å²) < 4.78 is 7.03. The Balaban J connectivity index is 1.40. The van der Waals surface area contributed by atoms with Crippen molar-refractivity contribution in [3.8, 4) is 5.69 Å². The third-order valence-corrected chi connectivity index (χ3v) is 4.66. The van der Waals surface area contributed by atoms with E-state index in [1.165, 1.54) is 0 Å². The van der Waals surface area contributed by atoms with Gasteiger partial charge in [-0.15, -0.1) is 5.10 Å². The van der Waals surface area contributed by atoms with Crippen LogP contribution >= 0.6 is 0 Å². The van der Waals surface area contributed by atoms with E-state index in [9.17, 15) is 9.59 Å². The Labute approximate surface area is 170 Å². The number of nitrogens with zero attached hydrogens (tertiary/aromatic N) is 5. The van der Waals surface area contributed by atoms with Gasteiger partial charge in [-0.25, -0.2) is 9.48 Å². The first-order chi connectivity index (χ1) is 13.8. The molecule has 29 heavy (non-hydrogen) atoms. The molecule has 3 heterocycles. The number of hydrogen-bond acceptors (Lipinski definition) is 6. The SMILES string of the molecule is CC(C)(C)OC(=O)N1CCC(CC(=O)NCc2cn(-c3cccnc3)nn2)CC1. The quantitative estimate of drug-likeness (QED) is 0.826. The fraction of sp³-hybridized carbons (Fsp3) is 0.550. The number of carbonyl (C=O) groups is 2. The van der Waals surface area contributed by atoms with E-state index in [4.69, 9.17) is 4.74 Å². The largest absolute Gasteiger partial charge is 0.444 e. The van der Waals surface area contributed by atoms with Crippen LogP contribution in [-0.4, -0.2) is 55.6 Å². The molecule has 1 aliphatic heterocycles. The predicted molar refractivity (Wildman–Crippen MR) is 106 cm³/mol. The molecule has 0 aromatic carbocycles. The van der Waals surface area contributed by atoms with Crippen molar-refractivity contribution in [1.29, 1.82) is 0 Å². The second-order valence-electron chi connectivity index (χ2n) is 8.26. The first kappa shape index (κ1) is 20.8. The molecule has 0 aliphatic carbocycles. The Hall–Kier alpha value is -2.97. The predicted octanol–water partition coefficient (Wildman–Crippen LogP) is 2.32. The molecule has 3 rings (SSSR count). The summed E-state index contributed by atoms with van der Waals surface area (Å²) in [6.07, 6.45) is 6.92. The van der Waals surface area contributed by atoms with Crippen molar-refractivity contribution in [3.05, 3.63) is 36.4 Å². The van der Waals surface area contributed by atoms with E-state index in [0.29, 0.717) is 31.7 Å². The standard InChI is InChI=1S/C20H28N6O3/c1-20(2,3)29-19(28)25-9-6-15(7-10-25)11-18(27)22-12-16-14-26(24-23-16)17-5-4-8-21-13-17/h4-5,8,13-15H,6-7,9-12H2,1-3H3,(H,22,27). The summed E-state index contributed by atoms with van der Waals surface area (Å²) >= 11 is 0. The third-order valence-electron chi connectivity index (χ3n) is 4.66. The maximum absolute atomic E-state index is 12.3. The van der Waals surface area contributed by atoms with Crippen molar-refractivity contribution in [1.82, 2.24) is 30.2 Å². The Bertz CT molecular complexity index is 822. The second-order valence-corrected chi connectivity index (χ2v) is 8.26. The van der Waals surface area contributed by atoms with Crippen molar-refractivity contribution in [2.45, 2.75) is 52.2 Å². The van der Waals surface area contributed by atoms with E-state index in [0.717, 1.165) is 18.5 Å². The van der Waals surface area contributed by atoms with Gasteiger partial charge in [0.15, 0.2) is 0 Å². The number of rotatable bonds is 5. The van der Waals surface area contributed by atoms with E-state index < -0.39 is 5.60 Å². The molecule has 156 valence electrons. The number of ether oxygens (including phenoxy) is 1. The van der Waals surface area contributed by atoms with Gasteiger partial charge in [0.1, 0.15) is 11.3 Å². The minimum absolute atomic E-state index is 0.0170. The number of pyridine rings is 1. The lowest BCUT2D eigenvalue weighted by Crippen LogP contribution is -2.42. The molecule has 1 aliphatic rings. The topological polar surface area (TPSA) is 102 Å². The highest BCUT2D eigenvalue weighted by Gasteiger charge is 2.27. The van der Waals surface area contributed by atoms with Crippen LogP contribution in [0.25, 0.3) is 5.69 Å². The summed E-state index contributed by atoms with van der Waals surface area (Å²) in [5, 5.41) is 11.0. The lowest BCUT2D eigenvalue weighted by molar-refractivity contribution is -0.122. The fourth-order valence-corrected chi connectivity index (χ4v) is 3.16. The molecule has 1 fully saturated rings. The van der Waals surface area contributed by atoms with E-state index in [-0.39, 0.29) is 17.9 Å². The normalized spacial score (nSPS) is 15.2. The van der Waals surface area contributed by atoms with Gasteiger partial charge in [0.2, 0.25) is 5.91 Å². The summed E-state index contributed by atoms with van der Waals surface area (Å²) in [6.45, 7) is 7.14. The highest BCUT2D eigenvalue weighted by atomic mass is 16.6. The molecule has 1 saturated heterocycles. The molecule has 2 aromatic heterocycles. The zero-order valence-corrected chi connectivity index (χ0v) is 17.2. The van der Waals surface area contributed by atoms with E-state index in [1.807, 2.05) is 32.9 Å². The van der Waals surface area contributed by atoms with Crippen LogP contribution in [0.1, 0.15) is 45.7 Å². The van der Waals surface area contributed by atoms with Gasteiger partial charge in [0.25, 0.3) is 0 Å². The first-order valence-electron chi connectivity index (χ1n) is 9.86. The summed E-state index contributed by atoms with van der Waals surface area (Å²) in [5.74, 6) is 0.247. The number of piperidine rings is 1.